The molecule has 0 saturated heterocycles. The van der Waals surface area contributed by atoms with Gasteiger partial charge in [-0.15, -0.1) is 0 Å². The molecular weight excluding hydrogens is 306 g/mol. The van der Waals surface area contributed by atoms with Crippen LogP contribution < -0.4 is 15.2 Å². The van der Waals surface area contributed by atoms with Gasteiger partial charge in [0.2, 0.25) is 5.95 Å². The largest absolute Gasteiger partial charge is 0.493 e. The topological polar surface area (TPSA) is 87.3 Å². The Kier molecular flexibility index (Phi) is 4.38. The van der Waals surface area contributed by atoms with E-state index in [0.29, 0.717) is 36.3 Å². The summed E-state index contributed by atoms with van der Waals surface area (Å²) in [4.78, 5) is 21.2. The molecular formula is C18H21N3O3. The van der Waals surface area contributed by atoms with E-state index in [1.165, 1.54) is 0 Å². The molecule has 6 nitrogen and oxygen atoms in total. The number of aromatic nitrogens is 2. The van der Waals surface area contributed by atoms with Crippen molar-refractivity contribution in [3.8, 4) is 11.5 Å². The van der Waals surface area contributed by atoms with Gasteiger partial charge in [-0.3, -0.25) is 4.79 Å². The molecule has 1 aliphatic carbocycles. The van der Waals surface area contributed by atoms with Gasteiger partial charge in [-0.1, -0.05) is 13.0 Å². The highest BCUT2D eigenvalue weighted by atomic mass is 16.5. The minimum absolute atomic E-state index is 0.0452. The molecule has 2 aromatic rings. The quantitative estimate of drug-likeness (QED) is 0.928. The summed E-state index contributed by atoms with van der Waals surface area (Å²) in [6, 6.07) is 5.75. The molecule has 3 rings (SSSR count). The number of hydrogen-bond donors (Lipinski definition) is 1. The minimum atomic E-state index is 0.0452. The highest BCUT2D eigenvalue weighted by molar-refractivity contribution is 5.99. The maximum Gasteiger partial charge on any atom is 0.220 e. The van der Waals surface area contributed by atoms with Gasteiger partial charge in [0.1, 0.15) is 0 Å². The summed E-state index contributed by atoms with van der Waals surface area (Å²) in [5.74, 6) is 1.68. The number of rotatable bonds is 4. The Morgan fingerprint density at radius 2 is 1.92 bits per heavy atom. The molecule has 0 spiro atoms. The van der Waals surface area contributed by atoms with Crippen molar-refractivity contribution in [2.24, 2.45) is 0 Å². The smallest absolute Gasteiger partial charge is 0.220 e. The fraction of sp³-hybridized carbons (Fsp3) is 0.389. The second-order valence-corrected chi connectivity index (χ2v) is 5.85. The number of anilines is 1. The number of nitrogen functional groups attached to an aromatic ring is 1. The SMILES string of the molecule is CCc1nc(N)nc2c1C(=O)CC(c1ccc(OC)c(OC)c1)C2. The molecule has 1 aromatic heterocycles. The van der Waals surface area contributed by atoms with E-state index in [1.807, 2.05) is 25.1 Å². The molecule has 1 aliphatic rings. The van der Waals surface area contributed by atoms with E-state index in [4.69, 9.17) is 15.2 Å². The summed E-state index contributed by atoms with van der Waals surface area (Å²) < 4.78 is 10.6. The molecule has 1 unspecified atom stereocenters. The Balaban J connectivity index is 1.99. The number of carbonyl (C=O) groups is 1. The van der Waals surface area contributed by atoms with E-state index in [9.17, 15) is 4.79 Å². The van der Waals surface area contributed by atoms with Crippen molar-refractivity contribution in [2.45, 2.75) is 32.1 Å². The number of nitrogens with two attached hydrogens (primary N) is 1. The van der Waals surface area contributed by atoms with Crippen LogP contribution in [0.4, 0.5) is 5.95 Å². The second kappa shape index (κ2) is 6.47. The highest BCUT2D eigenvalue weighted by Gasteiger charge is 2.30. The van der Waals surface area contributed by atoms with Crippen LogP contribution in [0, 0.1) is 0 Å². The number of methoxy groups -OCH3 is 2. The first-order valence-corrected chi connectivity index (χ1v) is 7.97. The van der Waals surface area contributed by atoms with Crippen LogP contribution in [0.3, 0.4) is 0 Å². The number of aryl methyl sites for hydroxylation is 1. The number of fused-ring (bicyclic) bond motifs is 1. The minimum Gasteiger partial charge on any atom is -0.493 e. The highest BCUT2D eigenvalue weighted by Crippen LogP contribution is 2.37. The van der Waals surface area contributed by atoms with E-state index in [2.05, 4.69) is 9.97 Å². The van der Waals surface area contributed by atoms with Crippen LogP contribution in [0.5, 0.6) is 11.5 Å². The van der Waals surface area contributed by atoms with E-state index < -0.39 is 0 Å². The predicted molar refractivity (Wildman–Crippen MR) is 90.8 cm³/mol. The third-order valence-corrected chi connectivity index (χ3v) is 4.44. The van der Waals surface area contributed by atoms with E-state index in [1.54, 1.807) is 14.2 Å². The first-order valence-electron chi connectivity index (χ1n) is 7.97. The lowest BCUT2D eigenvalue weighted by Gasteiger charge is -2.25. The molecule has 0 fully saturated rings. The van der Waals surface area contributed by atoms with Crippen molar-refractivity contribution in [3.05, 3.63) is 40.7 Å². The van der Waals surface area contributed by atoms with Crippen LogP contribution >= 0.6 is 0 Å². The summed E-state index contributed by atoms with van der Waals surface area (Å²) in [7, 11) is 3.20. The Hall–Kier alpha value is -2.63. The average molecular weight is 327 g/mol. The lowest BCUT2D eigenvalue weighted by Crippen LogP contribution is -2.23. The summed E-state index contributed by atoms with van der Waals surface area (Å²) in [6.45, 7) is 1.97. The number of benzene rings is 1. The molecule has 0 amide bonds. The van der Waals surface area contributed by atoms with Gasteiger partial charge >= 0.3 is 0 Å². The molecule has 24 heavy (non-hydrogen) atoms. The molecule has 0 saturated carbocycles. The van der Waals surface area contributed by atoms with Gasteiger partial charge in [0.05, 0.1) is 31.2 Å². The van der Waals surface area contributed by atoms with Crippen LogP contribution in [-0.4, -0.2) is 30.0 Å². The lowest BCUT2D eigenvalue weighted by atomic mass is 9.81. The number of ketones is 1. The number of nitrogens with zero attached hydrogens (tertiary/aromatic N) is 2. The first kappa shape index (κ1) is 16.2. The van der Waals surface area contributed by atoms with Crippen molar-refractivity contribution < 1.29 is 14.3 Å². The molecule has 0 bridgehead atoms. The lowest BCUT2D eigenvalue weighted by molar-refractivity contribution is 0.0961. The molecule has 1 atom stereocenters. The molecule has 0 aliphatic heterocycles. The maximum absolute atomic E-state index is 12.7. The number of ether oxygens (including phenoxy) is 2. The van der Waals surface area contributed by atoms with Gasteiger partial charge in [0.25, 0.3) is 0 Å². The number of hydrogen-bond acceptors (Lipinski definition) is 6. The van der Waals surface area contributed by atoms with Gasteiger partial charge in [0, 0.05) is 6.42 Å². The predicted octanol–water partition coefficient (Wildman–Crippen LogP) is 2.55. The number of carbonyl (C=O) groups excluding carboxylic acids is 1. The first-order chi connectivity index (χ1) is 11.6. The van der Waals surface area contributed by atoms with Gasteiger partial charge in [-0.25, -0.2) is 9.97 Å². The van der Waals surface area contributed by atoms with Crippen LogP contribution in [-0.2, 0) is 12.8 Å². The van der Waals surface area contributed by atoms with E-state index in [0.717, 1.165) is 17.0 Å². The van der Waals surface area contributed by atoms with Gasteiger partial charge in [-0.2, -0.15) is 0 Å². The zero-order valence-corrected chi connectivity index (χ0v) is 14.1. The van der Waals surface area contributed by atoms with Crippen molar-refractivity contribution in [3.63, 3.8) is 0 Å². The zero-order valence-electron chi connectivity index (χ0n) is 14.1. The van der Waals surface area contributed by atoms with Crippen molar-refractivity contribution in [1.29, 1.82) is 0 Å². The van der Waals surface area contributed by atoms with Crippen molar-refractivity contribution in [1.82, 2.24) is 9.97 Å². The van der Waals surface area contributed by atoms with E-state index >= 15 is 0 Å². The van der Waals surface area contributed by atoms with Gasteiger partial charge < -0.3 is 15.2 Å². The second-order valence-electron chi connectivity index (χ2n) is 5.85. The van der Waals surface area contributed by atoms with Gasteiger partial charge in [-0.05, 0) is 36.5 Å². The summed E-state index contributed by atoms with van der Waals surface area (Å²) in [6.07, 6.45) is 1.76. The fourth-order valence-corrected chi connectivity index (χ4v) is 3.28. The third-order valence-electron chi connectivity index (χ3n) is 4.44. The van der Waals surface area contributed by atoms with E-state index in [-0.39, 0.29) is 17.6 Å². The zero-order chi connectivity index (χ0) is 17.3. The van der Waals surface area contributed by atoms with Crippen LogP contribution in [0.1, 0.15) is 46.6 Å². The van der Waals surface area contributed by atoms with Crippen LogP contribution in [0.2, 0.25) is 0 Å². The maximum atomic E-state index is 12.7. The molecule has 6 heteroatoms. The molecule has 1 aromatic carbocycles. The van der Waals surface area contributed by atoms with Crippen molar-refractivity contribution >= 4 is 11.7 Å². The molecule has 2 N–H and O–H groups in total. The summed E-state index contributed by atoms with van der Waals surface area (Å²) in [5.41, 5.74) is 8.98. The summed E-state index contributed by atoms with van der Waals surface area (Å²) in [5, 5.41) is 0. The Labute approximate surface area is 141 Å². The monoisotopic (exact) mass is 327 g/mol. The number of Topliss-reactive ketones (excluding diaryl/α,β-unsaturated/α-hetero) is 1. The Bertz CT molecular complexity index is 789. The summed E-state index contributed by atoms with van der Waals surface area (Å²) >= 11 is 0. The van der Waals surface area contributed by atoms with Crippen LogP contribution in [0.15, 0.2) is 18.2 Å². The average Bonchev–Trinajstić information content (AvgIpc) is 2.59. The third kappa shape index (κ3) is 2.79. The normalized spacial score (nSPS) is 16.6. The fourth-order valence-electron chi connectivity index (χ4n) is 3.28. The molecule has 1 heterocycles. The van der Waals surface area contributed by atoms with Crippen LogP contribution in [0.25, 0.3) is 0 Å². The molecule has 0 radical (unpaired) electrons. The Morgan fingerprint density at radius 3 is 2.58 bits per heavy atom. The standard InChI is InChI=1S/C18H21N3O3/c1-4-12-17-13(21-18(19)20-12)7-11(8-14(17)22)10-5-6-15(23-2)16(9-10)24-3/h5-6,9,11H,4,7-8H2,1-3H3,(H2,19,20,21). The Morgan fingerprint density at radius 1 is 1.17 bits per heavy atom. The van der Waals surface area contributed by atoms with Crippen molar-refractivity contribution in [2.75, 3.05) is 20.0 Å². The molecule has 126 valence electrons. The van der Waals surface area contributed by atoms with Gasteiger partial charge in [0.15, 0.2) is 17.3 Å².